The first-order chi connectivity index (χ1) is 13.4. The van der Waals surface area contributed by atoms with E-state index in [9.17, 15) is 18.4 Å². The summed E-state index contributed by atoms with van der Waals surface area (Å²) in [5, 5.41) is 2.47. The number of benzene rings is 3. The summed E-state index contributed by atoms with van der Waals surface area (Å²) in [6, 6.07) is 19.1. The van der Waals surface area contributed by atoms with E-state index >= 15 is 0 Å². The number of primary amides is 1. The fourth-order valence-electron chi connectivity index (χ4n) is 2.80. The van der Waals surface area contributed by atoms with Crippen molar-refractivity contribution in [3.05, 3.63) is 95.6 Å². The normalized spacial score (nSPS) is 11.6. The van der Waals surface area contributed by atoms with Gasteiger partial charge in [0.25, 0.3) is 5.91 Å². The number of nitrogens with one attached hydrogen (secondary N) is 1. The molecule has 28 heavy (non-hydrogen) atoms. The quantitative estimate of drug-likeness (QED) is 0.687. The highest BCUT2D eigenvalue weighted by Crippen LogP contribution is 2.20. The van der Waals surface area contributed by atoms with Crippen LogP contribution < -0.4 is 11.1 Å². The molecule has 0 saturated carbocycles. The Hall–Kier alpha value is -3.54. The highest BCUT2D eigenvalue weighted by Gasteiger charge is 2.20. The maximum absolute atomic E-state index is 13.3. The molecule has 0 aromatic heterocycles. The van der Waals surface area contributed by atoms with Gasteiger partial charge in [0, 0.05) is 12.0 Å². The van der Waals surface area contributed by atoms with Gasteiger partial charge in [0.15, 0.2) is 11.6 Å². The number of rotatable bonds is 6. The van der Waals surface area contributed by atoms with Crippen LogP contribution in [0.25, 0.3) is 11.1 Å². The molecule has 0 unspecified atom stereocenters. The lowest BCUT2D eigenvalue weighted by Crippen LogP contribution is -2.45. The minimum Gasteiger partial charge on any atom is -0.368 e. The summed E-state index contributed by atoms with van der Waals surface area (Å²) in [6.07, 6.45) is 0.180. The predicted octanol–water partition coefficient (Wildman–Crippen LogP) is 3.46. The molecule has 0 saturated heterocycles. The summed E-state index contributed by atoms with van der Waals surface area (Å²) in [5.41, 5.74) is 8.19. The average Bonchev–Trinajstić information content (AvgIpc) is 2.70. The largest absolute Gasteiger partial charge is 0.368 e. The van der Waals surface area contributed by atoms with Gasteiger partial charge in [-0.1, -0.05) is 54.6 Å². The Bertz CT molecular complexity index is 989. The number of carbonyl (C=O) groups is 2. The Morgan fingerprint density at radius 3 is 2.11 bits per heavy atom. The summed E-state index contributed by atoms with van der Waals surface area (Å²) in [4.78, 5) is 24.0. The van der Waals surface area contributed by atoms with Gasteiger partial charge >= 0.3 is 0 Å². The van der Waals surface area contributed by atoms with Crippen molar-refractivity contribution in [1.82, 2.24) is 5.32 Å². The lowest BCUT2D eigenvalue weighted by molar-refractivity contribution is -0.119. The van der Waals surface area contributed by atoms with Crippen LogP contribution in [0.15, 0.2) is 72.8 Å². The molecule has 0 bridgehead atoms. The zero-order chi connectivity index (χ0) is 20.1. The number of hydrogen-bond donors (Lipinski definition) is 2. The smallest absolute Gasteiger partial charge is 0.252 e. The molecule has 142 valence electrons. The maximum Gasteiger partial charge on any atom is 0.252 e. The topological polar surface area (TPSA) is 72.2 Å². The van der Waals surface area contributed by atoms with Crippen molar-refractivity contribution in [2.75, 3.05) is 0 Å². The molecule has 0 heterocycles. The number of amides is 2. The minimum atomic E-state index is -1.14. The number of carbonyl (C=O) groups excluding carboxylic acids is 2. The van der Waals surface area contributed by atoms with Crippen molar-refractivity contribution in [3.8, 4) is 11.1 Å². The van der Waals surface area contributed by atoms with Crippen LogP contribution in [-0.4, -0.2) is 17.9 Å². The third kappa shape index (κ3) is 4.59. The minimum absolute atomic E-state index is 0.0930. The van der Waals surface area contributed by atoms with Crippen LogP contribution in [-0.2, 0) is 11.2 Å². The lowest BCUT2D eigenvalue weighted by atomic mass is 10.00. The predicted molar refractivity (Wildman–Crippen MR) is 102 cm³/mol. The molecular formula is C22H18F2N2O2. The van der Waals surface area contributed by atoms with Crippen molar-refractivity contribution >= 4 is 11.8 Å². The third-order valence-corrected chi connectivity index (χ3v) is 4.33. The molecule has 6 heteroatoms. The first-order valence-corrected chi connectivity index (χ1v) is 8.63. The van der Waals surface area contributed by atoms with Crippen LogP contribution >= 0.6 is 0 Å². The molecular weight excluding hydrogens is 362 g/mol. The SMILES string of the molecule is NC(=O)[C@@H](Cc1ccc(-c2ccccc2)cc1)NC(=O)c1ccc(F)c(F)c1. The van der Waals surface area contributed by atoms with E-state index in [1.165, 1.54) is 0 Å². The Morgan fingerprint density at radius 2 is 1.50 bits per heavy atom. The standard InChI is InChI=1S/C22H18F2N2O2/c23-18-11-10-17(13-19(18)24)22(28)26-20(21(25)27)12-14-6-8-16(9-7-14)15-4-2-1-3-5-15/h1-11,13,20H,12H2,(H2,25,27)(H,26,28)/t20-/m1/s1. The first-order valence-electron chi connectivity index (χ1n) is 8.63. The van der Waals surface area contributed by atoms with E-state index in [4.69, 9.17) is 5.73 Å². The van der Waals surface area contributed by atoms with Gasteiger partial charge in [-0.05, 0) is 34.9 Å². The molecule has 0 aliphatic carbocycles. The second-order valence-corrected chi connectivity index (χ2v) is 6.32. The molecule has 0 spiro atoms. The molecule has 3 aromatic carbocycles. The van der Waals surface area contributed by atoms with Gasteiger partial charge in [-0.3, -0.25) is 9.59 Å². The van der Waals surface area contributed by atoms with Crippen LogP contribution in [0, 0.1) is 11.6 Å². The summed E-state index contributed by atoms with van der Waals surface area (Å²) in [5.74, 6) is -3.62. The molecule has 0 aliphatic rings. The molecule has 1 atom stereocenters. The van der Waals surface area contributed by atoms with Crippen molar-refractivity contribution in [3.63, 3.8) is 0 Å². The molecule has 3 aromatic rings. The molecule has 0 aliphatic heterocycles. The lowest BCUT2D eigenvalue weighted by Gasteiger charge is -2.16. The van der Waals surface area contributed by atoms with E-state index < -0.39 is 29.5 Å². The zero-order valence-corrected chi connectivity index (χ0v) is 14.9. The van der Waals surface area contributed by atoms with Crippen LogP contribution in [0.4, 0.5) is 8.78 Å². The van der Waals surface area contributed by atoms with Crippen LogP contribution in [0.5, 0.6) is 0 Å². The third-order valence-electron chi connectivity index (χ3n) is 4.33. The Labute approximate surface area is 161 Å². The molecule has 0 radical (unpaired) electrons. The van der Waals surface area contributed by atoms with Gasteiger partial charge < -0.3 is 11.1 Å². The molecule has 3 rings (SSSR count). The Morgan fingerprint density at radius 1 is 0.857 bits per heavy atom. The van der Waals surface area contributed by atoms with Crippen molar-refractivity contribution in [1.29, 1.82) is 0 Å². The van der Waals surface area contributed by atoms with E-state index in [2.05, 4.69) is 5.32 Å². The number of halogens is 2. The van der Waals surface area contributed by atoms with Crippen LogP contribution in [0.3, 0.4) is 0 Å². The Kier molecular flexibility index (Phi) is 5.79. The molecule has 2 amide bonds. The van der Waals surface area contributed by atoms with Gasteiger partial charge in [0.05, 0.1) is 0 Å². The van der Waals surface area contributed by atoms with Crippen LogP contribution in [0.1, 0.15) is 15.9 Å². The average molecular weight is 380 g/mol. The zero-order valence-electron chi connectivity index (χ0n) is 14.9. The second kappa shape index (κ2) is 8.43. The molecule has 3 N–H and O–H groups in total. The maximum atomic E-state index is 13.3. The highest BCUT2D eigenvalue weighted by molar-refractivity contribution is 5.97. The van der Waals surface area contributed by atoms with Gasteiger partial charge in [0.1, 0.15) is 6.04 Å². The van der Waals surface area contributed by atoms with E-state index in [0.29, 0.717) is 0 Å². The van der Waals surface area contributed by atoms with Crippen molar-refractivity contribution in [2.45, 2.75) is 12.5 Å². The first kappa shape index (κ1) is 19.2. The van der Waals surface area contributed by atoms with E-state index in [-0.39, 0.29) is 12.0 Å². The second-order valence-electron chi connectivity index (χ2n) is 6.32. The summed E-state index contributed by atoms with van der Waals surface area (Å²) in [7, 11) is 0. The summed E-state index contributed by atoms with van der Waals surface area (Å²) >= 11 is 0. The van der Waals surface area contributed by atoms with E-state index in [1.807, 2.05) is 54.6 Å². The monoisotopic (exact) mass is 380 g/mol. The molecule has 0 fully saturated rings. The van der Waals surface area contributed by atoms with Crippen molar-refractivity contribution in [2.24, 2.45) is 5.73 Å². The summed E-state index contributed by atoms with van der Waals surface area (Å²) in [6.45, 7) is 0. The van der Waals surface area contributed by atoms with E-state index in [1.54, 1.807) is 0 Å². The van der Waals surface area contributed by atoms with Crippen molar-refractivity contribution < 1.29 is 18.4 Å². The number of hydrogen-bond acceptors (Lipinski definition) is 2. The van der Waals surface area contributed by atoms with E-state index in [0.717, 1.165) is 34.9 Å². The fourth-order valence-corrected chi connectivity index (χ4v) is 2.80. The Balaban J connectivity index is 1.71. The number of nitrogens with two attached hydrogens (primary N) is 1. The highest BCUT2D eigenvalue weighted by atomic mass is 19.2. The van der Waals surface area contributed by atoms with Gasteiger partial charge in [-0.25, -0.2) is 8.78 Å². The fraction of sp³-hybridized carbons (Fsp3) is 0.0909. The van der Waals surface area contributed by atoms with Gasteiger partial charge in [0.2, 0.25) is 5.91 Å². The van der Waals surface area contributed by atoms with Crippen LogP contribution in [0.2, 0.25) is 0 Å². The summed E-state index contributed by atoms with van der Waals surface area (Å²) < 4.78 is 26.3. The molecule has 4 nitrogen and oxygen atoms in total. The van der Waals surface area contributed by atoms with Gasteiger partial charge in [-0.15, -0.1) is 0 Å². The van der Waals surface area contributed by atoms with Gasteiger partial charge in [-0.2, -0.15) is 0 Å².